The number of amides is 2. The lowest BCUT2D eigenvalue weighted by molar-refractivity contribution is -0.117. The Morgan fingerprint density at radius 1 is 1.32 bits per heavy atom. The van der Waals surface area contributed by atoms with Gasteiger partial charge in [0.05, 0.1) is 21.8 Å². The van der Waals surface area contributed by atoms with Crippen molar-refractivity contribution in [3.8, 4) is 0 Å². The van der Waals surface area contributed by atoms with E-state index in [-0.39, 0.29) is 17.7 Å². The summed E-state index contributed by atoms with van der Waals surface area (Å²) in [6.45, 7) is 0. The SMILES string of the molecule is O=C(Nc1cn[nH]c1)c1ccc(NC(=O)C2CC2)s1. The molecule has 2 aromatic heterocycles. The van der Waals surface area contributed by atoms with Crippen molar-refractivity contribution < 1.29 is 9.59 Å². The van der Waals surface area contributed by atoms with E-state index in [2.05, 4.69) is 20.8 Å². The molecule has 6 nitrogen and oxygen atoms in total. The molecule has 2 aromatic rings. The fourth-order valence-corrected chi connectivity index (χ4v) is 2.41. The number of hydrogen-bond donors (Lipinski definition) is 3. The first kappa shape index (κ1) is 11.9. The molecule has 0 saturated heterocycles. The van der Waals surface area contributed by atoms with E-state index in [1.54, 1.807) is 18.3 Å². The molecule has 98 valence electrons. The second-order valence-corrected chi connectivity index (χ2v) is 5.45. The first-order chi connectivity index (χ1) is 9.22. The highest BCUT2D eigenvalue weighted by atomic mass is 32.1. The van der Waals surface area contributed by atoms with Crippen LogP contribution in [0.5, 0.6) is 0 Å². The molecule has 2 amide bonds. The van der Waals surface area contributed by atoms with Crippen molar-refractivity contribution in [3.05, 3.63) is 29.4 Å². The summed E-state index contributed by atoms with van der Waals surface area (Å²) < 4.78 is 0. The zero-order valence-electron chi connectivity index (χ0n) is 9.97. The predicted molar refractivity (Wildman–Crippen MR) is 72.2 cm³/mol. The molecule has 0 radical (unpaired) electrons. The molecule has 1 saturated carbocycles. The number of carbonyl (C=O) groups is 2. The van der Waals surface area contributed by atoms with Gasteiger partial charge in [-0.05, 0) is 25.0 Å². The molecule has 1 aliphatic carbocycles. The minimum Gasteiger partial charge on any atom is -0.319 e. The van der Waals surface area contributed by atoms with Gasteiger partial charge in [-0.15, -0.1) is 11.3 Å². The van der Waals surface area contributed by atoms with Gasteiger partial charge in [-0.3, -0.25) is 14.7 Å². The van der Waals surface area contributed by atoms with Crippen LogP contribution in [0.15, 0.2) is 24.5 Å². The van der Waals surface area contributed by atoms with Crippen LogP contribution in [0.3, 0.4) is 0 Å². The second kappa shape index (κ2) is 4.85. The largest absolute Gasteiger partial charge is 0.319 e. The number of aromatic amines is 1. The zero-order valence-corrected chi connectivity index (χ0v) is 10.8. The van der Waals surface area contributed by atoms with Crippen LogP contribution in [0.25, 0.3) is 0 Å². The highest BCUT2D eigenvalue weighted by Crippen LogP contribution is 2.31. The highest BCUT2D eigenvalue weighted by molar-refractivity contribution is 7.18. The third kappa shape index (κ3) is 2.82. The van der Waals surface area contributed by atoms with E-state index in [0.29, 0.717) is 15.6 Å². The van der Waals surface area contributed by atoms with Gasteiger partial charge in [-0.1, -0.05) is 0 Å². The van der Waals surface area contributed by atoms with Gasteiger partial charge in [-0.2, -0.15) is 5.10 Å². The minimum absolute atomic E-state index is 0.0450. The minimum atomic E-state index is -0.210. The third-order valence-corrected chi connectivity index (χ3v) is 3.78. The van der Waals surface area contributed by atoms with Gasteiger partial charge in [0, 0.05) is 12.1 Å². The summed E-state index contributed by atoms with van der Waals surface area (Å²) in [6.07, 6.45) is 5.05. The van der Waals surface area contributed by atoms with Crippen molar-refractivity contribution in [2.45, 2.75) is 12.8 Å². The van der Waals surface area contributed by atoms with Crippen molar-refractivity contribution >= 4 is 33.8 Å². The standard InChI is InChI=1S/C12H12N4O2S/c17-11(7-1-2-7)16-10-4-3-9(19-10)12(18)15-8-5-13-14-6-8/h3-7H,1-2H2,(H,13,14)(H,15,18)(H,16,17). The first-order valence-corrected chi connectivity index (χ1v) is 6.75. The van der Waals surface area contributed by atoms with Crippen LogP contribution in [0, 0.1) is 5.92 Å². The van der Waals surface area contributed by atoms with Gasteiger partial charge in [0.2, 0.25) is 5.91 Å². The van der Waals surface area contributed by atoms with Crippen molar-refractivity contribution in [1.29, 1.82) is 0 Å². The molecule has 19 heavy (non-hydrogen) atoms. The van der Waals surface area contributed by atoms with Crippen LogP contribution < -0.4 is 10.6 Å². The van der Waals surface area contributed by atoms with Gasteiger partial charge >= 0.3 is 0 Å². The number of aromatic nitrogens is 2. The van der Waals surface area contributed by atoms with Gasteiger partial charge in [0.15, 0.2) is 0 Å². The number of nitrogens with one attached hydrogen (secondary N) is 3. The normalized spacial score (nSPS) is 14.1. The van der Waals surface area contributed by atoms with Crippen molar-refractivity contribution in [2.75, 3.05) is 10.6 Å². The summed E-state index contributed by atoms with van der Waals surface area (Å²) in [4.78, 5) is 24.0. The van der Waals surface area contributed by atoms with E-state index < -0.39 is 0 Å². The Hall–Kier alpha value is -2.15. The number of nitrogens with zero attached hydrogens (tertiary/aromatic N) is 1. The molecule has 0 aliphatic heterocycles. The van der Waals surface area contributed by atoms with Crippen LogP contribution in [0.4, 0.5) is 10.7 Å². The lowest BCUT2D eigenvalue weighted by Gasteiger charge is -2.00. The van der Waals surface area contributed by atoms with Crippen molar-refractivity contribution in [2.24, 2.45) is 5.92 Å². The topological polar surface area (TPSA) is 86.9 Å². The predicted octanol–water partition coefficient (Wildman–Crippen LogP) is 2.07. The molecule has 1 aliphatic rings. The first-order valence-electron chi connectivity index (χ1n) is 5.93. The summed E-state index contributed by atoms with van der Waals surface area (Å²) in [7, 11) is 0. The number of hydrogen-bond acceptors (Lipinski definition) is 4. The van der Waals surface area contributed by atoms with Crippen LogP contribution in [0.2, 0.25) is 0 Å². The summed E-state index contributed by atoms with van der Waals surface area (Å²) in [6, 6.07) is 3.44. The smallest absolute Gasteiger partial charge is 0.265 e. The summed E-state index contributed by atoms with van der Waals surface area (Å²) >= 11 is 1.26. The van der Waals surface area contributed by atoms with Crippen molar-refractivity contribution in [3.63, 3.8) is 0 Å². The van der Waals surface area contributed by atoms with Crippen molar-refractivity contribution in [1.82, 2.24) is 10.2 Å². The quantitative estimate of drug-likeness (QED) is 0.799. The molecule has 0 unspecified atom stereocenters. The van der Waals surface area contributed by atoms with E-state index in [4.69, 9.17) is 0 Å². The number of rotatable bonds is 4. The Balaban J connectivity index is 1.63. The molecule has 7 heteroatoms. The maximum atomic E-state index is 11.9. The Labute approximate surface area is 113 Å². The lowest BCUT2D eigenvalue weighted by Crippen LogP contribution is -2.12. The fraction of sp³-hybridized carbons (Fsp3) is 0.250. The second-order valence-electron chi connectivity index (χ2n) is 4.37. The Bertz CT molecular complexity index is 601. The van der Waals surface area contributed by atoms with E-state index in [0.717, 1.165) is 12.8 Å². The molecule has 1 fully saturated rings. The molecule has 0 aromatic carbocycles. The summed E-state index contributed by atoms with van der Waals surface area (Å²) in [5.41, 5.74) is 0.613. The van der Waals surface area contributed by atoms with Crippen LogP contribution in [-0.4, -0.2) is 22.0 Å². The Morgan fingerprint density at radius 3 is 2.84 bits per heavy atom. The third-order valence-electron chi connectivity index (χ3n) is 2.78. The van der Waals surface area contributed by atoms with E-state index in [1.165, 1.54) is 17.5 Å². The number of carbonyl (C=O) groups excluding carboxylic acids is 2. The summed E-state index contributed by atoms with van der Waals surface area (Å²) in [5, 5.41) is 12.6. The number of anilines is 2. The molecule has 0 bridgehead atoms. The van der Waals surface area contributed by atoms with Gasteiger partial charge < -0.3 is 10.6 Å². The molecule has 0 atom stereocenters. The molecule has 2 heterocycles. The van der Waals surface area contributed by atoms with E-state index in [9.17, 15) is 9.59 Å². The summed E-state index contributed by atoms with van der Waals surface area (Å²) in [5.74, 6) is -0.00716. The average Bonchev–Trinajstić information content (AvgIpc) is 2.93. The maximum absolute atomic E-state index is 11.9. The zero-order chi connectivity index (χ0) is 13.2. The van der Waals surface area contributed by atoms with Gasteiger partial charge in [0.1, 0.15) is 0 Å². The molecular formula is C12H12N4O2S. The van der Waals surface area contributed by atoms with Crippen LogP contribution in [-0.2, 0) is 4.79 Å². The number of thiophene rings is 1. The molecule has 3 rings (SSSR count). The molecule has 0 spiro atoms. The van der Waals surface area contributed by atoms with Gasteiger partial charge in [0.25, 0.3) is 5.91 Å². The highest BCUT2D eigenvalue weighted by Gasteiger charge is 2.29. The van der Waals surface area contributed by atoms with Crippen LogP contribution >= 0.6 is 11.3 Å². The Kier molecular flexibility index (Phi) is 3.04. The van der Waals surface area contributed by atoms with E-state index in [1.807, 2.05) is 0 Å². The molecular weight excluding hydrogens is 264 g/mol. The average molecular weight is 276 g/mol. The van der Waals surface area contributed by atoms with Gasteiger partial charge in [-0.25, -0.2) is 0 Å². The maximum Gasteiger partial charge on any atom is 0.265 e. The fourth-order valence-electron chi connectivity index (χ4n) is 1.61. The number of H-pyrrole nitrogens is 1. The van der Waals surface area contributed by atoms with E-state index >= 15 is 0 Å². The molecule has 3 N–H and O–H groups in total. The van der Waals surface area contributed by atoms with Crippen LogP contribution in [0.1, 0.15) is 22.5 Å². The monoisotopic (exact) mass is 276 g/mol. The Morgan fingerprint density at radius 2 is 2.16 bits per heavy atom. The lowest BCUT2D eigenvalue weighted by atomic mass is 10.4.